The van der Waals surface area contributed by atoms with Gasteiger partial charge in [0, 0.05) is 6.42 Å². The molecule has 0 aromatic heterocycles. The van der Waals surface area contributed by atoms with Gasteiger partial charge in [0.2, 0.25) is 0 Å². The van der Waals surface area contributed by atoms with Gasteiger partial charge in [0.05, 0.1) is 0 Å². The van der Waals surface area contributed by atoms with E-state index in [1.807, 2.05) is 30.3 Å². The molecule has 128 valence electrons. The molecule has 2 rings (SSSR count). The summed E-state index contributed by atoms with van der Waals surface area (Å²) in [6.45, 7) is 5.29. The van der Waals surface area contributed by atoms with Gasteiger partial charge in [-0.2, -0.15) is 5.06 Å². The predicted molar refractivity (Wildman–Crippen MR) is 86.2 cm³/mol. The molecule has 6 nitrogen and oxygen atoms in total. The minimum Gasteiger partial charge on any atom is -0.461 e. The SMILES string of the molecule is C=CCOC(=O)C1(CC)CCC(=O)N(OCc2ccccc2)C1=O. The molecule has 6 heteroatoms. The fourth-order valence-corrected chi connectivity index (χ4v) is 2.61. The van der Waals surface area contributed by atoms with Gasteiger partial charge in [-0.3, -0.25) is 19.2 Å². The summed E-state index contributed by atoms with van der Waals surface area (Å²) in [7, 11) is 0. The van der Waals surface area contributed by atoms with Gasteiger partial charge < -0.3 is 4.74 Å². The second kappa shape index (κ2) is 7.88. The van der Waals surface area contributed by atoms with E-state index in [-0.39, 0.29) is 32.5 Å². The van der Waals surface area contributed by atoms with Crippen molar-refractivity contribution in [3.05, 3.63) is 48.6 Å². The van der Waals surface area contributed by atoms with Gasteiger partial charge >= 0.3 is 5.97 Å². The molecule has 0 N–H and O–H groups in total. The molecule has 24 heavy (non-hydrogen) atoms. The highest BCUT2D eigenvalue weighted by molar-refractivity contribution is 6.10. The first-order chi connectivity index (χ1) is 11.5. The first kappa shape index (κ1) is 17.9. The molecule has 1 unspecified atom stereocenters. The van der Waals surface area contributed by atoms with Crippen LogP contribution in [0.2, 0.25) is 0 Å². The molecular formula is C18H21NO5. The number of carbonyl (C=O) groups is 3. The zero-order chi connectivity index (χ0) is 17.6. The van der Waals surface area contributed by atoms with Crippen molar-refractivity contribution in [3.8, 4) is 0 Å². The third-order valence-corrected chi connectivity index (χ3v) is 4.12. The van der Waals surface area contributed by atoms with Crippen LogP contribution in [0.5, 0.6) is 0 Å². The number of rotatable bonds is 7. The van der Waals surface area contributed by atoms with Crippen LogP contribution >= 0.6 is 0 Å². The summed E-state index contributed by atoms with van der Waals surface area (Å²) in [5.41, 5.74) is -0.562. The monoisotopic (exact) mass is 331 g/mol. The quantitative estimate of drug-likeness (QED) is 0.332. The number of esters is 1. The van der Waals surface area contributed by atoms with Gasteiger partial charge in [-0.1, -0.05) is 49.9 Å². The van der Waals surface area contributed by atoms with Gasteiger partial charge in [0.1, 0.15) is 18.6 Å². The third kappa shape index (κ3) is 3.54. The number of amides is 2. The number of hydrogen-bond donors (Lipinski definition) is 0. The highest BCUT2D eigenvalue weighted by Crippen LogP contribution is 2.37. The third-order valence-electron chi connectivity index (χ3n) is 4.12. The lowest BCUT2D eigenvalue weighted by atomic mass is 9.77. The number of carbonyl (C=O) groups excluding carboxylic acids is 3. The van der Waals surface area contributed by atoms with Crippen molar-refractivity contribution in [2.45, 2.75) is 32.8 Å². The summed E-state index contributed by atoms with van der Waals surface area (Å²) < 4.78 is 5.07. The second-order valence-corrected chi connectivity index (χ2v) is 5.58. The van der Waals surface area contributed by atoms with Crippen LogP contribution in [0.1, 0.15) is 31.7 Å². The van der Waals surface area contributed by atoms with Crippen molar-refractivity contribution in [2.24, 2.45) is 5.41 Å². The minimum atomic E-state index is -1.38. The maximum atomic E-state index is 12.8. The molecule has 0 bridgehead atoms. The fraction of sp³-hybridized carbons (Fsp3) is 0.389. The molecular weight excluding hydrogens is 310 g/mol. The molecule has 1 heterocycles. The molecule has 1 fully saturated rings. The molecule has 1 aliphatic heterocycles. The minimum absolute atomic E-state index is 0.0205. The van der Waals surface area contributed by atoms with Crippen LogP contribution in [0, 0.1) is 5.41 Å². The molecule has 0 aliphatic carbocycles. The Morgan fingerprint density at radius 3 is 2.67 bits per heavy atom. The first-order valence-corrected chi connectivity index (χ1v) is 7.87. The van der Waals surface area contributed by atoms with E-state index in [1.54, 1.807) is 6.92 Å². The number of ether oxygens (including phenoxy) is 1. The van der Waals surface area contributed by atoms with Crippen LogP contribution in [0.4, 0.5) is 0 Å². The summed E-state index contributed by atoms with van der Waals surface area (Å²) in [6, 6.07) is 9.18. The highest BCUT2D eigenvalue weighted by atomic mass is 16.7. The largest absolute Gasteiger partial charge is 0.461 e. The molecule has 1 aliphatic rings. The van der Waals surface area contributed by atoms with Gasteiger partial charge in [0.25, 0.3) is 11.8 Å². The van der Waals surface area contributed by atoms with E-state index in [9.17, 15) is 14.4 Å². The number of benzene rings is 1. The molecule has 0 spiro atoms. The first-order valence-electron chi connectivity index (χ1n) is 7.87. The van der Waals surface area contributed by atoms with Crippen molar-refractivity contribution in [1.29, 1.82) is 0 Å². The molecule has 1 saturated heterocycles. The molecule has 1 aromatic rings. The van der Waals surface area contributed by atoms with Crippen LogP contribution in [-0.2, 0) is 30.6 Å². The Morgan fingerprint density at radius 2 is 2.04 bits per heavy atom. The van der Waals surface area contributed by atoms with E-state index in [2.05, 4.69) is 6.58 Å². The Hall–Kier alpha value is -2.47. The lowest BCUT2D eigenvalue weighted by Gasteiger charge is -2.36. The molecule has 2 amide bonds. The van der Waals surface area contributed by atoms with E-state index in [4.69, 9.17) is 9.57 Å². The summed E-state index contributed by atoms with van der Waals surface area (Å²) in [5.74, 6) is -1.75. The number of piperidine rings is 1. The van der Waals surface area contributed by atoms with E-state index >= 15 is 0 Å². The Bertz CT molecular complexity index is 628. The lowest BCUT2D eigenvalue weighted by molar-refractivity contribution is -0.215. The van der Waals surface area contributed by atoms with E-state index in [0.29, 0.717) is 0 Å². The molecule has 0 radical (unpaired) electrons. The van der Waals surface area contributed by atoms with Gasteiger partial charge in [-0.05, 0) is 18.4 Å². The average Bonchev–Trinajstić information content (AvgIpc) is 2.61. The van der Waals surface area contributed by atoms with Crippen molar-refractivity contribution in [1.82, 2.24) is 5.06 Å². The van der Waals surface area contributed by atoms with E-state index in [1.165, 1.54) is 6.08 Å². The van der Waals surface area contributed by atoms with Crippen molar-refractivity contribution < 1.29 is 24.0 Å². The summed E-state index contributed by atoms with van der Waals surface area (Å²) >= 11 is 0. The number of nitrogens with zero attached hydrogens (tertiary/aromatic N) is 1. The smallest absolute Gasteiger partial charge is 0.322 e. The Morgan fingerprint density at radius 1 is 1.33 bits per heavy atom. The predicted octanol–water partition coefficient (Wildman–Crippen LogP) is 2.39. The molecule has 0 saturated carbocycles. The maximum Gasteiger partial charge on any atom is 0.322 e. The normalized spacial score (nSPS) is 20.8. The Labute approximate surface area is 141 Å². The van der Waals surface area contributed by atoms with Crippen LogP contribution < -0.4 is 0 Å². The molecule has 1 aromatic carbocycles. The van der Waals surface area contributed by atoms with E-state index in [0.717, 1.165) is 10.6 Å². The van der Waals surface area contributed by atoms with Crippen molar-refractivity contribution >= 4 is 17.8 Å². The van der Waals surface area contributed by atoms with Gasteiger partial charge in [-0.25, -0.2) is 0 Å². The lowest BCUT2D eigenvalue weighted by Crippen LogP contribution is -2.55. The maximum absolute atomic E-state index is 12.8. The fourth-order valence-electron chi connectivity index (χ4n) is 2.61. The van der Waals surface area contributed by atoms with Gasteiger partial charge in [-0.15, -0.1) is 0 Å². The average molecular weight is 331 g/mol. The summed E-state index contributed by atoms with van der Waals surface area (Å²) in [6.07, 6.45) is 1.85. The number of hydroxylamine groups is 2. The zero-order valence-electron chi connectivity index (χ0n) is 13.7. The second-order valence-electron chi connectivity index (χ2n) is 5.58. The van der Waals surface area contributed by atoms with Gasteiger partial charge in [0.15, 0.2) is 0 Å². The number of hydrogen-bond acceptors (Lipinski definition) is 5. The Balaban J connectivity index is 2.15. The summed E-state index contributed by atoms with van der Waals surface area (Å²) in [5, 5.41) is 0.717. The van der Waals surface area contributed by atoms with Crippen molar-refractivity contribution in [3.63, 3.8) is 0 Å². The van der Waals surface area contributed by atoms with E-state index < -0.39 is 23.2 Å². The number of imide groups is 1. The van der Waals surface area contributed by atoms with Crippen molar-refractivity contribution in [2.75, 3.05) is 6.61 Å². The Kier molecular flexibility index (Phi) is 5.87. The van der Waals surface area contributed by atoms with Crippen LogP contribution in [-0.4, -0.2) is 29.5 Å². The standard InChI is InChI=1S/C18H21NO5/c1-3-12-23-17(22)18(4-2)11-10-15(20)19(16(18)21)24-13-14-8-6-5-7-9-14/h3,5-9H,1,4,10-13H2,2H3. The highest BCUT2D eigenvalue weighted by Gasteiger charge is 2.53. The molecule has 1 atom stereocenters. The van der Waals surface area contributed by atoms with Crippen LogP contribution in [0.25, 0.3) is 0 Å². The zero-order valence-corrected chi connectivity index (χ0v) is 13.7. The summed E-state index contributed by atoms with van der Waals surface area (Å²) in [4.78, 5) is 42.6. The van der Waals surface area contributed by atoms with Crippen LogP contribution in [0.15, 0.2) is 43.0 Å². The van der Waals surface area contributed by atoms with Crippen LogP contribution in [0.3, 0.4) is 0 Å². The topological polar surface area (TPSA) is 72.9 Å².